The minimum absolute atomic E-state index is 0.0979. The van der Waals surface area contributed by atoms with Gasteiger partial charge in [0, 0.05) is 30.2 Å². The van der Waals surface area contributed by atoms with Gasteiger partial charge in [0.1, 0.15) is 5.82 Å². The van der Waals surface area contributed by atoms with Crippen LogP contribution in [0.5, 0.6) is 0 Å². The van der Waals surface area contributed by atoms with E-state index < -0.39 is 0 Å². The Morgan fingerprint density at radius 1 is 1.04 bits per heavy atom. The van der Waals surface area contributed by atoms with Crippen molar-refractivity contribution in [1.29, 1.82) is 0 Å². The number of aromatic nitrogens is 2. The van der Waals surface area contributed by atoms with Gasteiger partial charge in [-0.15, -0.1) is 0 Å². The monoisotopic (exact) mass is 305 g/mol. The molecule has 0 unspecified atom stereocenters. The number of hydrogen-bond donors (Lipinski definition) is 1. The summed E-state index contributed by atoms with van der Waals surface area (Å²) in [6.45, 7) is 4.75. The molecule has 1 aromatic heterocycles. The van der Waals surface area contributed by atoms with Gasteiger partial charge in [-0.2, -0.15) is 0 Å². The number of hydrogen-bond acceptors (Lipinski definition) is 2. The lowest BCUT2D eigenvalue weighted by Gasteiger charge is -2.08. The molecule has 0 atom stereocenters. The number of carbonyl (C=O) groups excluding carboxylic acids is 1. The molecule has 0 radical (unpaired) electrons. The maximum atomic E-state index is 12.3. The van der Waals surface area contributed by atoms with Crippen LogP contribution < -0.4 is 5.32 Å². The van der Waals surface area contributed by atoms with Gasteiger partial charge in [-0.3, -0.25) is 4.79 Å². The Hall–Kier alpha value is -2.88. The molecule has 3 rings (SSSR count). The van der Waals surface area contributed by atoms with E-state index in [-0.39, 0.29) is 5.91 Å². The van der Waals surface area contributed by atoms with E-state index in [2.05, 4.69) is 14.9 Å². The van der Waals surface area contributed by atoms with Crippen LogP contribution in [0.1, 0.15) is 27.3 Å². The summed E-state index contributed by atoms with van der Waals surface area (Å²) in [7, 11) is 0. The van der Waals surface area contributed by atoms with E-state index in [1.807, 2.05) is 68.6 Å². The van der Waals surface area contributed by atoms with Gasteiger partial charge in [-0.1, -0.05) is 29.8 Å². The van der Waals surface area contributed by atoms with E-state index in [9.17, 15) is 4.79 Å². The number of carbonyl (C=O) groups is 1. The van der Waals surface area contributed by atoms with Crippen LogP contribution in [-0.4, -0.2) is 15.5 Å². The third-order valence-electron chi connectivity index (χ3n) is 3.80. The van der Waals surface area contributed by atoms with E-state index >= 15 is 0 Å². The molecule has 0 aliphatic carbocycles. The normalized spacial score (nSPS) is 10.5. The summed E-state index contributed by atoms with van der Waals surface area (Å²) in [6.07, 6.45) is 3.74. The fraction of sp³-hybridized carbons (Fsp3) is 0.158. The predicted molar refractivity (Wildman–Crippen MR) is 91.6 cm³/mol. The van der Waals surface area contributed by atoms with Crippen LogP contribution in [0.25, 0.3) is 0 Å². The second-order valence-electron chi connectivity index (χ2n) is 5.62. The molecule has 0 saturated heterocycles. The van der Waals surface area contributed by atoms with Crippen LogP contribution in [0.3, 0.4) is 0 Å². The van der Waals surface area contributed by atoms with Crippen molar-refractivity contribution in [3.05, 3.63) is 83.4 Å². The van der Waals surface area contributed by atoms with E-state index in [4.69, 9.17) is 0 Å². The van der Waals surface area contributed by atoms with Crippen LogP contribution >= 0.6 is 0 Å². The highest BCUT2D eigenvalue weighted by Gasteiger charge is 2.06. The van der Waals surface area contributed by atoms with Crippen LogP contribution in [0, 0.1) is 13.8 Å². The Balaban J connectivity index is 1.67. The highest BCUT2D eigenvalue weighted by atomic mass is 16.1. The smallest absolute Gasteiger partial charge is 0.255 e. The molecule has 0 fully saturated rings. The Labute approximate surface area is 135 Å². The molecule has 4 heteroatoms. The van der Waals surface area contributed by atoms with Gasteiger partial charge in [0.15, 0.2) is 0 Å². The number of aryl methyl sites for hydroxylation is 2. The first-order chi connectivity index (χ1) is 11.1. The molecule has 23 heavy (non-hydrogen) atoms. The lowest BCUT2D eigenvalue weighted by Crippen LogP contribution is -2.12. The van der Waals surface area contributed by atoms with Crippen LogP contribution in [-0.2, 0) is 6.54 Å². The maximum absolute atomic E-state index is 12.3. The van der Waals surface area contributed by atoms with Crippen LogP contribution in [0.15, 0.2) is 60.9 Å². The highest BCUT2D eigenvalue weighted by molar-refractivity contribution is 6.04. The van der Waals surface area contributed by atoms with Crippen molar-refractivity contribution in [1.82, 2.24) is 9.55 Å². The fourth-order valence-electron chi connectivity index (χ4n) is 2.37. The third-order valence-corrected chi connectivity index (χ3v) is 3.80. The van der Waals surface area contributed by atoms with Crippen LogP contribution in [0.2, 0.25) is 0 Å². The zero-order chi connectivity index (χ0) is 16.2. The van der Waals surface area contributed by atoms with Gasteiger partial charge >= 0.3 is 0 Å². The maximum Gasteiger partial charge on any atom is 0.255 e. The average molecular weight is 305 g/mol. The number of nitrogens with zero attached hydrogens (tertiary/aromatic N) is 2. The minimum atomic E-state index is -0.0979. The molecule has 0 spiro atoms. The number of amides is 1. The molecule has 0 aliphatic heterocycles. The number of rotatable bonds is 4. The Bertz CT molecular complexity index is 801. The standard InChI is InChI=1S/C19H19N3O/c1-14-3-9-18(10-4-14)21-19(23)17-7-5-16(6-8-17)13-22-12-11-20-15(22)2/h3-12H,13H2,1-2H3,(H,21,23). The molecule has 0 bridgehead atoms. The molecule has 0 aliphatic rings. The van der Waals surface area contributed by atoms with Crippen LogP contribution in [0.4, 0.5) is 5.69 Å². The van der Waals surface area contributed by atoms with Gasteiger partial charge in [0.2, 0.25) is 0 Å². The van der Waals surface area contributed by atoms with Crippen molar-refractivity contribution in [3.63, 3.8) is 0 Å². The minimum Gasteiger partial charge on any atom is -0.331 e. The van der Waals surface area contributed by atoms with E-state index in [1.165, 1.54) is 5.56 Å². The first-order valence-electron chi connectivity index (χ1n) is 7.56. The summed E-state index contributed by atoms with van der Waals surface area (Å²) in [4.78, 5) is 16.5. The largest absolute Gasteiger partial charge is 0.331 e. The second kappa shape index (κ2) is 6.48. The zero-order valence-corrected chi connectivity index (χ0v) is 13.3. The molecule has 3 aromatic rings. The molecule has 1 heterocycles. The third kappa shape index (κ3) is 3.66. The van der Waals surface area contributed by atoms with Crippen molar-refractivity contribution in [2.75, 3.05) is 5.32 Å². The SMILES string of the molecule is Cc1ccc(NC(=O)c2ccc(Cn3ccnc3C)cc2)cc1. The number of imidazole rings is 1. The molecular formula is C19H19N3O. The van der Waals surface area contributed by atoms with Gasteiger partial charge in [0.25, 0.3) is 5.91 Å². The molecule has 4 nitrogen and oxygen atoms in total. The molecule has 2 aromatic carbocycles. The topological polar surface area (TPSA) is 46.9 Å². The summed E-state index contributed by atoms with van der Waals surface area (Å²) in [6, 6.07) is 15.4. The van der Waals surface area contributed by atoms with Gasteiger partial charge in [0.05, 0.1) is 0 Å². The first kappa shape index (κ1) is 15.0. The van der Waals surface area contributed by atoms with E-state index in [0.717, 1.165) is 23.6 Å². The van der Waals surface area contributed by atoms with E-state index in [1.54, 1.807) is 6.20 Å². The molecule has 0 saturated carbocycles. The van der Waals surface area contributed by atoms with E-state index in [0.29, 0.717) is 5.56 Å². The fourth-order valence-corrected chi connectivity index (χ4v) is 2.37. The molecule has 116 valence electrons. The second-order valence-corrected chi connectivity index (χ2v) is 5.62. The van der Waals surface area contributed by atoms with Gasteiger partial charge < -0.3 is 9.88 Å². The summed E-state index contributed by atoms with van der Waals surface area (Å²) >= 11 is 0. The number of nitrogens with one attached hydrogen (secondary N) is 1. The lowest BCUT2D eigenvalue weighted by molar-refractivity contribution is 0.102. The Kier molecular flexibility index (Phi) is 4.24. The van der Waals surface area contributed by atoms with Crippen molar-refractivity contribution < 1.29 is 4.79 Å². The molecule has 1 amide bonds. The summed E-state index contributed by atoms with van der Waals surface area (Å²) in [5.74, 6) is 0.880. The molecule has 1 N–H and O–H groups in total. The summed E-state index contributed by atoms with van der Waals surface area (Å²) in [5, 5.41) is 2.91. The highest BCUT2D eigenvalue weighted by Crippen LogP contribution is 2.12. The Morgan fingerprint density at radius 3 is 2.35 bits per heavy atom. The van der Waals surface area contributed by atoms with Gasteiger partial charge in [-0.25, -0.2) is 4.98 Å². The van der Waals surface area contributed by atoms with Crippen molar-refractivity contribution in [2.45, 2.75) is 20.4 Å². The number of benzene rings is 2. The lowest BCUT2D eigenvalue weighted by atomic mass is 10.1. The predicted octanol–water partition coefficient (Wildman–Crippen LogP) is 3.80. The van der Waals surface area contributed by atoms with Crippen molar-refractivity contribution in [3.8, 4) is 0 Å². The molecular weight excluding hydrogens is 286 g/mol. The van der Waals surface area contributed by atoms with Crippen molar-refractivity contribution in [2.24, 2.45) is 0 Å². The van der Waals surface area contributed by atoms with Gasteiger partial charge in [-0.05, 0) is 43.7 Å². The van der Waals surface area contributed by atoms with Crippen molar-refractivity contribution >= 4 is 11.6 Å². The Morgan fingerprint density at radius 2 is 1.74 bits per heavy atom. The average Bonchev–Trinajstić information content (AvgIpc) is 2.95. The summed E-state index contributed by atoms with van der Waals surface area (Å²) in [5.41, 5.74) is 3.76. The zero-order valence-electron chi connectivity index (χ0n) is 13.3. The number of anilines is 1. The summed E-state index contributed by atoms with van der Waals surface area (Å²) < 4.78 is 2.07. The first-order valence-corrected chi connectivity index (χ1v) is 7.56. The quantitative estimate of drug-likeness (QED) is 0.797.